The summed E-state index contributed by atoms with van der Waals surface area (Å²) in [4.78, 5) is 0. The Morgan fingerprint density at radius 1 is 0.810 bits per heavy atom. The molecule has 2 aromatic carbocycles. The molecule has 0 fully saturated rings. The maximum absolute atomic E-state index is 5.73. The van der Waals surface area contributed by atoms with Crippen molar-refractivity contribution in [3.63, 3.8) is 0 Å². The van der Waals surface area contributed by atoms with Crippen LogP contribution >= 0.6 is 0 Å². The molecule has 21 heavy (non-hydrogen) atoms. The molecular formula is C19H25NO. The second-order valence-electron chi connectivity index (χ2n) is 5.44. The highest BCUT2D eigenvalue weighted by atomic mass is 16.5. The number of nitrogens with two attached hydrogens (primary N) is 1. The second-order valence-corrected chi connectivity index (χ2v) is 5.44. The number of aryl methyl sites for hydroxylation is 2. The minimum Gasteiger partial charge on any atom is -0.494 e. The summed E-state index contributed by atoms with van der Waals surface area (Å²) >= 11 is 0. The number of benzene rings is 2. The summed E-state index contributed by atoms with van der Waals surface area (Å²) in [5.74, 6) is 0.974. The van der Waals surface area contributed by atoms with Crippen molar-refractivity contribution >= 4 is 5.69 Å². The van der Waals surface area contributed by atoms with Gasteiger partial charge in [-0.2, -0.15) is 0 Å². The van der Waals surface area contributed by atoms with Crippen LogP contribution in [0.2, 0.25) is 0 Å². The quantitative estimate of drug-likeness (QED) is 0.566. The van der Waals surface area contributed by atoms with Gasteiger partial charge in [0, 0.05) is 5.69 Å². The highest BCUT2D eigenvalue weighted by molar-refractivity contribution is 5.39. The fourth-order valence-corrected chi connectivity index (χ4v) is 2.27. The van der Waals surface area contributed by atoms with Crippen molar-refractivity contribution in [2.75, 3.05) is 12.3 Å². The van der Waals surface area contributed by atoms with Crippen LogP contribution in [0.3, 0.4) is 0 Å². The normalized spacial score (nSPS) is 10.5. The molecule has 2 N–H and O–H groups in total. The number of hydrogen-bond acceptors (Lipinski definition) is 2. The first-order valence-corrected chi connectivity index (χ1v) is 7.84. The van der Waals surface area contributed by atoms with Gasteiger partial charge in [0.2, 0.25) is 0 Å². The Bertz CT molecular complexity index is 516. The summed E-state index contributed by atoms with van der Waals surface area (Å²) in [5.41, 5.74) is 9.18. The smallest absolute Gasteiger partial charge is 0.119 e. The Morgan fingerprint density at radius 2 is 1.38 bits per heavy atom. The van der Waals surface area contributed by atoms with Crippen LogP contribution in [0.4, 0.5) is 5.69 Å². The molecule has 0 atom stereocenters. The third-order valence-electron chi connectivity index (χ3n) is 3.62. The van der Waals surface area contributed by atoms with Crippen molar-refractivity contribution < 1.29 is 4.74 Å². The van der Waals surface area contributed by atoms with Crippen LogP contribution in [-0.2, 0) is 12.8 Å². The van der Waals surface area contributed by atoms with Gasteiger partial charge in [0.05, 0.1) is 6.61 Å². The third kappa shape index (κ3) is 5.50. The minimum atomic E-state index is 0.818. The fraction of sp³-hybridized carbons (Fsp3) is 0.368. The Labute approximate surface area is 127 Å². The molecule has 0 saturated carbocycles. The van der Waals surface area contributed by atoms with E-state index in [0.29, 0.717) is 0 Å². The topological polar surface area (TPSA) is 35.2 Å². The van der Waals surface area contributed by atoms with Gasteiger partial charge in [-0.3, -0.25) is 0 Å². The van der Waals surface area contributed by atoms with Gasteiger partial charge in [-0.05, 0) is 54.7 Å². The molecule has 0 bridgehead atoms. The lowest BCUT2D eigenvalue weighted by atomic mass is 10.0. The van der Waals surface area contributed by atoms with Crippen LogP contribution < -0.4 is 10.5 Å². The summed E-state index contributed by atoms with van der Waals surface area (Å²) < 4.78 is 5.73. The zero-order valence-corrected chi connectivity index (χ0v) is 12.8. The van der Waals surface area contributed by atoms with Crippen LogP contribution in [0, 0.1) is 0 Å². The predicted molar refractivity (Wildman–Crippen MR) is 89.7 cm³/mol. The van der Waals surface area contributed by atoms with Crippen molar-refractivity contribution in [3.05, 3.63) is 59.7 Å². The first-order valence-electron chi connectivity index (χ1n) is 7.84. The van der Waals surface area contributed by atoms with E-state index in [2.05, 4.69) is 43.3 Å². The van der Waals surface area contributed by atoms with E-state index >= 15 is 0 Å². The van der Waals surface area contributed by atoms with Gasteiger partial charge < -0.3 is 10.5 Å². The van der Waals surface area contributed by atoms with Gasteiger partial charge in [-0.25, -0.2) is 0 Å². The molecule has 2 heteroatoms. The lowest BCUT2D eigenvalue weighted by Gasteiger charge is -2.07. The average molecular weight is 283 g/mol. The van der Waals surface area contributed by atoms with E-state index in [9.17, 15) is 0 Å². The van der Waals surface area contributed by atoms with Crippen molar-refractivity contribution in [1.82, 2.24) is 0 Å². The molecule has 2 nitrogen and oxygen atoms in total. The van der Waals surface area contributed by atoms with Crippen molar-refractivity contribution in [3.8, 4) is 5.75 Å². The van der Waals surface area contributed by atoms with E-state index in [-0.39, 0.29) is 0 Å². The molecule has 2 aromatic rings. The zero-order valence-electron chi connectivity index (χ0n) is 12.8. The van der Waals surface area contributed by atoms with E-state index < -0.39 is 0 Å². The SMILES string of the molecule is CCCCCOc1ccc(CCc2ccc(N)cc2)cc1. The first-order chi connectivity index (χ1) is 10.3. The minimum absolute atomic E-state index is 0.818. The van der Waals surface area contributed by atoms with Gasteiger partial charge in [-0.15, -0.1) is 0 Å². The lowest BCUT2D eigenvalue weighted by Crippen LogP contribution is -1.97. The standard InChI is InChI=1S/C19H25NO/c1-2-3-4-15-21-19-13-9-17(10-14-19)6-5-16-7-11-18(20)12-8-16/h7-14H,2-6,15,20H2,1H3. The van der Waals surface area contributed by atoms with E-state index in [1.165, 1.54) is 24.0 Å². The van der Waals surface area contributed by atoms with Crippen LogP contribution in [-0.4, -0.2) is 6.61 Å². The van der Waals surface area contributed by atoms with Crippen LogP contribution in [0.15, 0.2) is 48.5 Å². The Hall–Kier alpha value is -1.96. The van der Waals surface area contributed by atoms with Gasteiger partial charge >= 0.3 is 0 Å². The van der Waals surface area contributed by atoms with Gasteiger partial charge in [0.25, 0.3) is 0 Å². The molecule has 0 spiro atoms. The van der Waals surface area contributed by atoms with E-state index in [1.54, 1.807) is 0 Å². The molecule has 0 saturated heterocycles. The number of ether oxygens (including phenoxy) is 1. The van der Waals surface area contributed by atoms with Gasteiger partial charge in [0.15, 0.2) is 0 Å². The Balaban J connectivity index is 1.78. The molecule has 0 aliphatic rings. The van der Waals surface area contributed by atoms with Crippen LogP contribution in [0.5, 0.6) is 5.75 Å². The summed E-state index contributed by atoms with van der Waals surface area (Å²) in [7, 11) is 0. The lowest BCUT2D eigenvalue weighted by molar-refractivity contribution is 0.306. The molecule has 0 aliphatic carbocycles. The van der Waals surface area contributed by atoms with Crippen LogP contribution in [0.25, 0.3) is 0 Å². The molecule has 0 radical (unpaired) electrons. The first kappa shape index (κ1) is 15.4. The maximum atomic E-state index is 5.73. The number of unbranched alkanes of at least 4 members (excludes halogenated alkanes) is 2. The highest BCUT2D eigenvalue weighted by Gasteiger charge is 1.98. The molecule has 0 unspecified atom stereocenters. The Kier molecular flexibility index (Phi) is 6.14. The summed E-state index contributed by atoms with van der Waals surface area (Å²) in [6.07, 6.45) is 5.68. The second kappa shape index (κ2) is 8.35. The van der Waals surface area contributed by atoms with Crippen molar-refractivity contribution in [1.29, 1.82) is 0 Å². The molecule has 0 aliphatic heterocycles. The molecule has 0 aromatic heterocycles. The number of hydrogen-bond donors (Lipinski definition) is 1. The van der Waals surface area contributed by atoms with Crippen LogP contribution in [0.1, 0.15) is 37.3 Å². The van der Waals surface area contributed by atoms with Crippen molar-refractivity contribution in [2.45, 2.75) is 39.0 Å². The molecule has 112 valence electrons. The summed E-state index contributed by atoms with van der Waals surface area (Å²) in [6.45, 7) is 3.02. The summed E-state index contributed by atoms with van der Waals surface area (Å²) in [5, 5.41) is 0. The maximum Gasteiger partial charge on any atom is 0.119 e. The van der Waals surface area contributed by atoms with Crippen molar-refractivity contribution in [2.24, 2.45) is 0 Å². The monoisotopic (exact) mass is 283 g/mol. The molecule has 0 heterocycles. The molecular weight excluding hydrogens is 258 g/mol. The van der Waals surface area contributed by atoms with Gasteiger partial charge in [0.1, 0.15) is 5.75 Å². The zero-order chi connectivity index (χ0) is 14.9. The van der Waals surface area contributed by atoms with E-state index in [4.69, 9.17) is 10.5 Å². The fourth-order valence-electron chi connectivity index (χ4n) is 2.27. The predicted octanol–water partition coefficient (Wildman–Crippen LogP) is 4.62. The number of rotatable bonds is 8. The van der Waals surface area contributed by atoms with E-state index in [1.807, 2.05) is 12.1 Å². The average Bonchev–Trinajstić information content (AvgIpc) is 2.52. The van der Waals surface area contributed by atoms with Gasteiger partial charge in [-0.1, -0.05) is 44.0 Å². The largest absolute Gasteiger partial charge is 0.494 e. The molecule has 0 amide bonds. The third-order valence-corrected chi connectivity index (χ3v) is 3.62. The summed E-state index contributed by atoms with van der Waals surface area (Å²) in [6, 6.07) is 16.6. The highest BCUT2D eigenvalue weighted by Crippen LogP contribution is 2.15. The number of anilines is 1. The Morgan fingerprint density at radius 3 is 1.95 bits per heavy atom. The number of nitrogen functional groups attached to an aromatic ring is 1. The van der Waals surface area contributed by atoms with E-state index in [0.717, 1.165) is 37.3 Å². The molecule has 2 rings (SSSR count).